The van der Waals surface area contributed by atoms with Gasteiger partial charge in [0.25, 0.3) is 5.91 Å². The summed E-state index contributed by atoms with van der Waals surface area (Å²) in [5.41, 5.74) is 7.03. The van der Waals surface area contributed by atoms with Crippen LogP contribution in [0.25, 0.3) is 11.3 Å². The Bertz CT molecular complexity index is 952. The monoisotopic (exact) mass is 337 g/mol. The molecule has 4 rings (SSSR count). The highest BCUT2D eigenvalue weighted by atomic mass is 32.1. The van der Waals surface area contributed by atoms with Crippen LogP contribution in [0.1, 0.15) is 32.1 Å². The van der Waals surface area contributed by atoms with Crippen molar-refractivity contribution in [2.75, 3.05) is 5.32 Å². The van der Waals surface area contributed by atoms with E-state index < -0.39 is 0 Å². The van der Waals surface area contributed by atoms with Crippen molar-refractivity contribution in [3.8, 4) is 11.3 Å². The zero-order valence-electron chi connectivity index (χ0n) is 14.0. The van der Waals surface area contributed by atoms with Gasteiger partial charge < -0.3 is 5.32 Å². The quantitative estimate of drug-likeness (QED) is 0.765. The summed E-state index contributed by atoms with van der Waals surface area (Å²) in [6.07, 6.45) is 1.85. The third kappa shape index (κ3) is 2.27. The fraction of sp³-hybridized carbons (Fsp3) is 0.263. The van der Waals surface area contributed by atoms with Crippen LogP contribution in [0.3, 0.4) is 0 Å². The number of benzene rings is 1. The molecule has 1 amide bonds. The van der Waals surface area contributed by atoms with Gasteiger partial charge in [0.15, 0.2) is 5.69 Å². The molecule has 0 bridgehead atoms. The van der Waals surface area contributed by atoms with Gasteiger partial charge in [-0.05, 0) is 55.3 Å². The van der Waals surface area contributed by atoms with E-state index in [1.54, 1.807) is 11.3 Å². The summed E-state index contributed by atoms with van der Waals surface area (Å²) >= 11 is 1.78. The van der Waals surface area contributed by atoms with E-state index in [-0.39, 0.29) is 5.91 Å². The zero-order valence-corrected chi connectivity index (χ0v) is 14.8. The highest BCUT2D eigenvalue weighted by molar-refractivity contribution is 7.10. The number of hydrogen-bond donors (Lipinski definition) is 1. The van der Waals surface area contributed by atoms with Gasteiger partial charge in [0.05, 0.1) is 5.69 Å². The Labute approximate surface area is 145 Å². The first kappa shape index (κ1) is 15.1. The Morgan fingerprint density at radius 1 is 1.25 bits per heavy atom. The van der Waals surface area contributed by atoms with Gasteiger partial charge in [0, 0.05) is 28.7 Å². The number of nitrogens with one attached hydrogen (secondary N) is 1. The predicted octanol–water partition coefficient (Wildman–Crippen LogP) is 4.12. The van der Waals surface area contributed by atoms with Crippen LogP contribution in [0.4, 0.5) is 5.69 Å². The van der Waals surface area contributed by atoms with E-state index in [0.717, 1.165) is 35.3 Å². The summed E-state index contributed by atoms with van der Waals surface area (Å²) in [5, 5.41) is 9.68. The van der Waals surface area contributed by atoms with E-state index in [0.29, 0.717) is 5.69 Å². The van der Waals surface area contributed by atoms with Crippen LogP contribution in [0.2, 0.25) is 0 Å². The molecule has 0 fully saturated rings. The van der Waals surface area contributed by atoms with Crippen molar-refractivity contribution in [2.24, 2.45) is 7.05 Å². The lowest BCUT2D eigenvalue weighted by atomic mass is 9.94. The van der Waals surface area contributed by atoms with Gasteiger partial charge in [-0.2, -0.15) is 5.10 Å². The molecule has 1 aliphatic rings. The molecule has 0 atom stereocenters. The Morgan fingerprint density at radius 3 is 2.92 bits per heavy atom. The Balaban J connectivity index is 1.73. The molecule has 24 heavy (non-hydrogen) atoms. The maximum atomic E-state index is 12.8. The molecule has 0 radical (unpaired) electrons. The summed E-state index contributed by atoms with van der Waals surface area (Å²) in [6, 6.07) is 8.08. The average Bonchev–Trinajstić information content (AvgIpc) is 3.16. The zero-order chi connectivity index (χ0) is 16.8. The number of amides is 1. The molecule has 0 saturated heterocycles. The van der Waals surface area contributed by atoms with E-state index in [1.807, 2.05) is 43.8 Å². The van der Waals surface area contributed by atoms with Gasteiger partial charge in [0.1, 0.15) is 0 Å². The van der Waals surface area contributed by atoms with Gasteiger partial charge >= 0.3 is 0 Å². The first-order chi connectivity index (χ1) is 11.6. The number of carbonyl (C=O) groups is 1. The minimum absolute atomic E-state index is 0.126. The summed E-state index contributed by atoms with van der Waals surface area (Å²) in [5.74, 6) is -0.126. The summed E-state index contributed by atoms with van der Waals surface area (Å²) < 4.78 is 1.85. The maximum absolute atomic E-state index is 12.8. The van der Waals surface area contributed by atoms with Gasteiger partial charge in [-0.1, -0.05) is 12.1 Å². The lowest BCUT2D eigenvalue weighted by molar-refractivity contribution is 0.102. The van der Waals surface area contributed by atoms with Gasteiger partial charge in [-0.25, -0.2) is 0 Å². The fourth-order valence-electron chi connectivity index (χ4n) is 3.38. The maximum Gasteiger partial charge on any atom is 0.276 e. The number of aromatic nitrogens is 2. The second-order valence-electron chi connectivity index (χ2n) is 6.26. The lowest BCUT2D eigenvalue weighted by Gasteiger charge is -2.14. The van der Waals surface area contributed by atoms with Crippen LogP contribution in [0, 0.1) is 13.8 Å². The molecular formula is C19H19N3OS. The Hall–Kier alpha value is -2.40. The molecule has 1 aromatic carbocycles. The molecule has 0 aliphatic heterocycles. The predicted molar refractivity (Wildman–Crippen MR) is 97.8 cm³/mol. The van der Waals surface area contributed by atoms with Crippen molar-refractivity contribution in [3.63, 3.8) is 0 Å². The number of carbonyl (C=O) groups excluding carboxylic acids is 1. The van der Waals surface area contributed by atoms with Gasteiger partial charge in [0.2, 0.25) is 0 Å². The van der Waals surface area contributed by atoms with E-state index in [2.05, 4.69) is 21.9 Å². The third-order valence-electron chi connectivity index (χ3n) is 4.82. The standard InChI is InChI=1S/C19H19N3OS/c1-11-5-4-6-15(12(11)2)20-19(23)17-14-7-8-16-13(9-10-24-16)18(14)22(3)21-17/h4-6,9-10H,7-8H2,1-3H3,(H,20,23). The molecule has 0 saturated carbocycles. The lowest BCUT2D eigenvalue weighted by Crippen LogP contribution is -2.16. The molecule has 1 N–H and O–H groups in total. The minimum Gasteiger partial charge on any atom is -0.320 e. The average molecular weight is 337 g/mol. The molecule has 0 spiro atoms. The SMILES string of the molecule is Cc1cccc(NC(=O)c2nn(C)c3c2CCc2sccc2-3)c1C. The number of hydrogen-bond acceptors (Lipinski definition) is 3. The van der Waals surface area contributed by atoms with Crippen molar-refractivity contribution in [2.45, 2.75) is 26.7 Å². The number of anilines is 1. The number of rotatable bonds is 2. The topological polar surface area (TPSA) is 46.9 Å². The fourth-order valence-corrected chi connectivity index (χ4v) is 4.26. The highest BCUT2D eigenvalue weighted by Gasteiger charge is 2.28. The molecular weight excluding hydrogens is 318 g/mol. The van der Waals surface area contributed by atoms with E-state index in [1.165, 1.54) is 16.0 Å². The number of thiophene rings is 1. The second-order valence-corrected chi connectivity index (χ2v) is 7.26. The van der Waals surface area contributed by atoms with Gasteiger partial charge in [-0.15, -0.1) is 11.3 Å². The number of fused-ring (bicyclic) bond motifs is 3. The highest BCUT2D eigenvalue weighted by Crippen LogP contribution is 2.38. The summed E-state index contributed by atoms with van der Waals surface area (Å²) in [4.78, 5) is 14.2. The first-order valence-electron chi connectivity index (χ1n) is 8.06. The normalized spacial score (nSPS) is 12.6. The smallest absolute Gasteiger partial charge is 0.276 e. The van der Waals surface area contributed by atoms with Crippen LogP contribution in [-0.4, -0.2) is 15.7 Å². The minimum atomic E-state index is -0.126. The molecule has 5 heteroatoms. The number of nitrogens with zero attached hydrogens (tertiary/aromatic N) is 2. The van der Waals surface area contributed by atoms with Gasteiger partial charge in [-0.3, -0.25) is 9.48 Å². The van der Waals surface area contributed by atoms with Crippen molar-refractivity contribution in [1.29, 1.82) is 0 Å². The summed E-state index contributed by atoms with van der Waals surface area (Å²) in [6.45, 7) is 4.07. The van der Waals surface area contributed by atoms with Crippen molar-refractivity contribution < 1.29 is 4.79 Å². The van der Waals surface area contributed by atoms with E-state index >= 15 is 0 Å². The third-order valence-corrected chi connectivity index (χ3v) is 5.80. The van der Waals surface area contributed by atoms with E-state index in [9.17, 15) is 4.79 Å². The molecule has 2 heterocycles. The molecule has 3 aromatic rings. The van der Waals surface area contributed by atoms with Crippen LogP contribution < -0.4 is 5.32 Å². The van der Waals surface area contributed by atoms with Crippen LogP contribution in [-0.2, 0) is 19.9 Å². The second kappa shape index (κ2) is 5.60. The van der Waals surface area contributed by atoms with Crippen molar-refractivity contribution in [1.82, 2.24) is 9.78 Å². The number of aryl methyl sites for hydroxylation is 3. The van der Waals surface area contributed by atoms with Crippen molar-refractivity contribution in [3.05, 3.63) is 56.9 Å². The van der Waals surface area contributed by atoms with Crippen molar-refractivity contribution >= 4 is 22.9 Å². The van der Waals surface area contributed by atoms with Crippen LogP contribution in [0.5, 0.6) is 0 Å². The molecule has 4 nitrogen and oxygen atoms in total. The van der Waals surface area contributed by atoms with Crippen LogP contribution in [0.15, 0.2) is 29.6 Å². The largest absolute Gasteiger partial charge is 0.320 e. The first-order valence-corrected chi connectivity index (χ1v) is 8.94. The molecule has 122 valence electrons. The summed E-state index contributed by atoms with van der Waals surface area (Å²) in [7, 11) is 1.92. The molecule has 1 aliphatic carbocycles. The molecule has 0 unspecified atom stereocenters. The Morgan fingerprint density at radius 2 is 2.08 bits per heavy atom. The van der Waals surface area contributed by atoms with Crippen LogP contribution >= 0.6 is 11.3 Å². The Kier molecular flexibility index (Phi) is 3.53. The molecule has 2 aromatic heterocycles. The van der Waals surface area contributed by atoms with E-state index in [4.69, 9.17) is 0 Å².